The third-order valence-corrected chi connectivity index (χ3v) is 9.03. The summed E-state index contributed by atoms with van der Waals surface area (Å²) in [5, 5.41) is 1.000. The van der Waals surface area contributed by atoms with E-state index >= 15 is 0 Å². The minimum Gasteiger partial charge on any atom is -0.121 e. The maximum absolute atomic E-state index is 2.43. The fourth-order valence-electron chi connectivity index (χ4n) is 2.33. The fraction of sp³-hybridized carbons (Fsp3) is 1.00. The van der Waals surface area contributed by atoms with Gasteiger partial charge in [0.25, 0.3) is 0 Å². The van der Waals surface area contributed by atoms with Crippen molar-refractivity contribution in [2.75, 3.05) is 18.5 Å². The van der Waals surface area contributed by atoms with Crippen LogP contribution >= 0.6 is 16.5 Å². The van der Waals surface area contributed by atoms with E-state index in [2.05, 4.69) is 62.3 Å². The molecule has 0 aliphatic heterocycles. The van der Waals surface area contributed by atoms with E-state index < -0.39 is 0 Å². The van der Waals surface area contributed by atoms with Gasteiger partial charge in [-0.05, 0) is 34.2 Å². The Morgan fingerprint density at radius 3 is 1.47 bits per heavy atom. The first kappa shape index (κ1) is 17.9. The zero-order valence-electron chi connectivity index (χ0n) is 13.6. The van der Waals surface area contributed by atoms with Gasteiger partial charge in [0.05, 0.1) is 0 Å². The maximum Gasteiger partial charge on any atom is -0.0174 e. The molecule has 1 atom stereocenters. The Bertz CT molecular complexity index is 199. The third-order valence-electron chi connectivity index (χ3n) is 2.79. The molecule has 0 heterocycles. The van der Waals surface area contributed by atoms with E-state index in [0.29, 0.717) is 15.7 Å². The van der Waals surface area contributed by atoms with Gasteiger partial charge in [-0.1, -0.05) is 70.2 Å². The van der Waals surface area contributed by atoms with E-state index in [0.717, 1.165) is 8.58 Å². The van der Waals surface area contributed by atoms with E-state index in [1.54, 1.807) is 0 Å². The molecule has 104 valence electrons. The van der Waals surface area contributed by atoms with Crippen molar-refractivity contribution >= 4 is 16.5 Å². The van der Waals surface area contributed by atoms with Crippen molar-refractivity contribution in [1.29, 1.82) is 0 Å². The highest BCUT2D eigenvalue weighted by Crippen LogP contribution is 2.59. The third kappa shape index (κ3) is 8.56. The summed E-state index contributed by atoms with van der Waals surface area (Å²) in [6.45, 7) is 21.6. The SMILES string of the molecule is CC(C)(C)CPCCP(C(C)(C)C)C(C)(C)C. The van der Waals surface area contributed by atoms with E-state index in [4.69, 9.17) is 0 Å². The zero-order chi connectivity index (χ0) is 13.9. The van der Waals surface area contributed by atoms with Crippen LogP contribution in [0.2, 0.25) is 0 Å². The Labute approximate surface area is 113 Å². The minimum absolute atomic E-state index is 0.117. The summed E-state index contributed by atoms with van der Waals surface area (Å²) in [7, 11) is 1.27. The lowest BCUT2D eigenvalue weighted by molar-refractivity contribution is 0.479. The molecule has 0 nitrogen and oxygen atoms in total. The molecule has 1 unspecified atom stereocenters. The van der Waals surface area contributed by atoms with Gasteiger partial charge in [0.2, 0.25) is 0 Å². The van der Waals surface area contributed by atoms with Crippen LogP contribution in [0.15, 0.2) is 0 Å². The maximum atomic E-state index is 2.43. The molecule has 0 aromatic carbocycles. The van der Waals surface area contributed by atoms with Gasteiger partial charge in [-0.2, -0.15) is 0 Å². The Kier molecular flexibility index (Phi) is 6.66. The molecule has 2 heteroatoms. The van der Waals surface area contributed by atoms with Crippen molar-refractivity contribution in [3.63, 3.8) is 0 Å². The first-order chi connectivity index (χ1) is 7.34. The minimum atomic E-state index is 0.117. The summed E-state index contributed by atoms with van der Waals surface area (Å²) in [6.07, 6.45) is 4.29. The van der Waals surface area contributed by atoms with Crippen LogP contribution in [0.5, 0.6) is 0 Å². The van der Waals surface area contributed by atoms with Crippen LogP contribution in [0.25, 0.3) is 0 Å². The Balaban J connectivity index is 4.22. The molecule has 0 saturated carbocycles. The fourth-order valence-corrected chi connectivity index (χ4v) is 8.14. The molecule has 0 N–H and O–H groups in total. The predicted octanol–water partition coefficient (Wildman–Crippen LogP) is 5.79. The van der Waals surface area contributed by atoms with Crippen LogP contribution in [-0.2, 0) is 0 Å². The average Bonchev–Trinajstić information content (AvgIpc) is 1.95. The van der Waals surface area contributed by atoms with Gasteiger partial charge in [0, 0.05) is 0 Å². The predicted molar refractivity (Wildman–Crippen MR) is 88.8 cm³/mol. The van der Waals surface area contributed by atoms with Crippen molar-refractivity contribution in [2.45, 2.75) is 72.6 Å². The largest absolute Gasteiger partial charge is 0.121 e. The van der Waals surface area contributed by atoms with Crippen LogP contribution in [0.3, 0.4) is 0 Å². The quantitative estimate of drug-likeness (QED) is 0.450. The standard InChI is InChI=1S/C15H34P2/c1-13(2,3)12-16-10-11-17(14(4,5)6)15(7,8)9/h16H,10-12H2,1-9H3. The smallest absolute Gasteiger partial charge is 0.0174 e. The van der Waals surface area contributed by atoms with Crippen LogP contribution in [0, 0.1) is 5.41 Å². The van der Waals surface area contributed by atoms with Crippen LogP contribution in [0.1, 0.15) is 62.3 Å². The number of hydrogen-bond acceptors (Lipinski definition) is 0. The Morgan fingerprint density at radius 2 is 1.18 bits per heavy atom. The van der Waals surface area contributed by atoms with Crippen molar-refractivity contribution < 1.29 is 0 Å². The molecule has 0 spiro atoms. The molecule has 0 rings (SSSR count). The average molecular weight is 276 g/mol. The monoisotopic (exact) mass is 276 g/mol. The summed E-state index contributed by atoms with van der Waals surface area (Å²) in [5.74, 6) is 0. The van der Waals surface area contributed by atoms with Crippen molar-refractivity contribution in [3.8, 4) is 0 Å². The molecule has 0 amide bonds. The first-order valence-electron chi connectivity index (χ1n) is 6.82. The second-order valence-corrected chi connectivity index (χ2v) is 13.6. The van der Waals surface area contributed by atoms with E-state index in [9.17, 15) is 0 Å². The van der Waals surface area contributed by atoms with E-state index in [1.165, 1.54) is 18.5 Å². The van der Waals surface area contributed by atoms with Gasteiger partial charge < -0.3 is 0 Å². The molecule has 0 bridgehead atoms. The molecule has 0 aromatic rings. The molecule has 0 aromatic heterocycles. The summed E-state index contributed by atoms with van der Waals surface area (Å²) in [6, 6.07) is 0. The lowest BCUT2D eigenvalue weighted by atomic mass is 10.0. The Morgan fingerprint density at radius 1 is 0.765 bits per heavy atom. The van der Waals surface area contributed by atoms with E-state index in [-0.39, 0.29) is 7.92 Å². The topological polar surface area (TPSA) is 0 Å². The second kappa shape index (κ2) is 6.34. The van der Waals surface area contributed by atoms with Crippen LogP contribution in [-0.4, -0.2) is 28.8 Å². The highest BCUT2D eigenvalue weighted by Gasteiger charge is 2.33. The number of hydrogen-bond donors (Lipinski definition) is 0. The lowest BCUT2D eigenvalue weighted by Crippen LogP contribution is -2.27. The first-order valence-corrected chi connectivity index (χ1v) is 9.77. The van der Waals surface area contributed by atoms with Crippen molar-refractivity contribution in [3.05, 3.63) is 0 Å². The number of rotatable bonds is 4. The highest BCUT2D eigenvalue weighted by molar-refractivity contribution is 7.61. The van der Waals surface area contributed by atoms with Gasteiger partial charge in [-0.15, -0.1) is 8.58 Å². The van der Waals surface area contributed by atoms with Gasteiger partial charge >= 0.3 is 0 Å². The molecular weight excluding hydrogens is 242 g/mol. The molecule has 0 fully saturated rings. The lowest BCUT2D eigenvalue weighted by Gasteiger charge is -2.41. The summed E-state index contributed by atoms with van der Waals surface area (Å²) < 4.78 is 0. The molecule has 0 aliphatic carbocycles. The van der Waals surface area contributed by atoms with E-state index in [1.807, 2.05) is 0 Å². The summed E-state index contributed by atoms with van der Waals surface area (Å²) >= 11 is 0. The van der Waals surface area contributed by atoms with Gasteiger partial charge in [-0.25, -0.2) is 0 Å². The van der Waals surface area contributed by atoms with Crippen molar-refractivity contribution in [2.24, 2.45) is 5.41 Å². The normalized spacial score (nSPS) is 15.2. The second-order valence-electron chi connectivity index (χ2n) is 8.23. The highest BCUT2D eigenvalue weighted by atomic mass is 31.1. The molecule has 0 aliphatic rings. The molecule has 17 heavy (non-hydrogen) atoms. The zero-order valence-corrected chi connectivity index (χ0v) is 15.5. The molecule has 0 radical (unpaired) electrons. The van der Waals surface area contributed by atoms with Crippen LogP contribution < -0.4 is 0 Å². The van der Waals surface area contributed by atoms with Crippen LogP contribution in [0.4, 0.5) is 0 Å². The summed E-state index contributed by atoms with van der Waals surface area (Å²) in [5.41, 5.74) is 0.519. The summed E-state index contributed by atoms with van der Waals surface area (Å²) in [4.78, 5) is 0. The van der Waals surface area contributed by atoms with Gasteiger partial charge in [0.1, 0.15) is 0 Å². The Hall–Kier alpha value is 0.860. The molecular formula is C15H34P2. The van der Waals surface area contributed by atoms with Gasteiger partial charge in [-0.3, -0.25) is 0 Å². The molecule has 0 saturated heterocycles. The van der Waals surface area contributed by atoms with Gasteiger partial charge in [0.15, 0.2) is 0 Å². The van der Waals surface area contributed by atoms with Crippen molar-refractivity contribution in [1.82, 2.24) is 0 Å².